The Hall–Kier alpha value is -3.97. The van der Waals surface area contributed by atoms with Crippen molar-refractivity contribution in [3.05, 3.63) is 84.1 Å². The highest BCUT2D eigenvalue weighted by Gasteiger charge is 2.16. The maximum absolute atomic E-state index is 12.6. The molecule has 0 bridgehead atoms. The van der Waals surface area contributed by atoms with E-state index in [4.69, 9.17) is 15.2 Å². The monoisotopic (exact) mass is 444 g/mol. The fraction of sp³-hybridized carbons (Fsp3) is 0.192. The van der Waals surface area contributed by atoms with Gasteiger partial charge in [0.1, 0.15) is 11.5 Å². The second-order valence-electron chi connectivity index (χ2n) is 7.86. The highest BCUT2D eigenvalue weighted by molar-refractivity contribution is 6.01. The molecule has 170 valence electrons. The van der Waals surface area contributed by atoms with E-state index < -0.39 is 0 Å². The summed E-state index contributed by atoms with van der Waals surface area (Å²) in [6.07, 6.45) is 2.52. The van der Waals surface area contributed by atoms with E-state index in [1.807, 2.05) is 84.5 Å². The van der Waals surface area contributed by atoms with Gasteiger partial charge in [0, 0.05) is 47.1 Å². The number of methoxy groups -OCH3 is 2. The molecule has 2 amide bonds. The Morgan fingerprint density at radius 3 is 2.30 bits per heavy atom. The van der Waals surface area contributed by atoms with E-state index in [9.17, 15) is 4.79 Å². The van der Waals surface area contributed by atoms with Crippen molar-refractivity contribution in [3.8, 4) is 11.5 Å². The van der Waals surface area contributed by atoms with Gasteiger partial charge in [0.05, 0.1) is 14.2 Å². The number of ether oxygens (including phenoxy) is 2. The minimum atomic E-state index is -0.317. The number of amides is 2. The Bertz CT molecular complexity index is 1260. The van der Waals surface area contributed by atoms with Crippen LogP contribution in [0.4, 0.5) is 16.2 Å². The number of aromatic nitrogens is 1. The van der Waals surface area contributed by atoms with Gasteiger partial charge in [0.2, 0.25) is 0 Å². The third kappa shape index (κ3) is 4.94. The number of benzene rings is 3. The number of hydrogen-bond donors (Lipinski definition) is 3. The lowest BCUT2D eigenvalue weighted by atomic mass is 9.98. The number of carbonyl (C=O) groups is 1. The fourth-order valence-corrected chi connectivity index (χ4v) is 3.97. The van der Waals surface area contributed by atoms with E-state index in [0.29, 0.717) is 12.1 Å². The number of hydrogen-bond acceptors (Lipinski definition) is 4. The molecule has 4 N–H and O–H groups in total. The predicted molar refractivity (Wildman–Crippen MR) is 132 cm³/mol. The quantitative estimate of drug-likeness (QED) is 0.371. The van der Waals surface area contributed by atoms with Crippen molar-refractivity contribution in [1.82, 2.24) is 4.57 Å². The van der Waals surface area contributed by atoms with Gasteiger partial charge in [0.25, 0.3) is 0 Å². The zero-order valence-electron chi connectivity index (χ0n) is 19.0. The molecule has 7 heteroatoms. The van der Waals surface area contributed by atoms with Gasteiger partial charge in [-0.05, 0) is 60.5 Å². The summed E-state index contributed by atoms with van der Waals surface area (Å²) in [6, 6.07) is 20.4. The van der Waals surface area contributed by atoms with Gasteiger partial charge in [-0.25, -0.2) is 4.79 Å². The van der Waals surface area contributed by atoms with Crippen LogP contribution in [0.2, 0.25) is 0 Å². The second kappa shape index (κ2) is 9.67. The lowest BCUT2D eigenvalue weighted by Crippen LogP contribution is -2.20. The summed E-state index contributed by atoms with van der Waals surface area (Å²) < 4.78 is 13.0. The number of rotatable bonds is 7. The molecular formula is C26H28N4O3. The molecule has 0 spiro atoms. The molecule has 4 rings (SSSR count). The van der Waals surface area contributed by atoms with Gasteiger partial charge in [0.15, 0.2) is 0 Å². The van der Waals surface area contributed by atoms with Crippen LogP contribution in [0, 0.1) is 0 Å². The molecule has 3 aromatic carbocycles. The number of fused-ring (bicyclic) bond motifs is 1. The Morgan fingerprint density at radius 1 is 0.939 bits per heavy atom. The maximum Gasteiger partial charge on any atom is 0.323 e. The zero-order chi connectivity index (χ0) is 23.4. The van der Waals surface area contributed by atoms with E-state index in [-0.39, 0.29) is 12.1 Å². The van der Waals surface area contributed by atoms with Crippen LogP contribution in [0.25, 0.3) is 10.9 Å². The molecule has 0 saturated carbocycles. The van der Waals surface area contributed by atoms with Crippen LogP contribution in [0.1, 0.15) is 17.2 Å². The standard InChI is InChI=1S/C26H28N4O3/c1-30-13-12-18-15-20(10-11-23(18)30)29-26(31)28-19-7-4-6-17(14-19)22(27)16-21-24(32-2)8-5-9-25(21)33-3/h4-15,22H,16,27H2,1-3H3,(H2,28,29,31). The van der Waals surface area contributed by atoms with Gasteiger partial charge in [-0.2, -0.15) is 0 Å². The molecule has 1 atom stereocenters. The highest BCUT2D eigenvalue weighted by atomic mass is 16.5. The maximum atomic E-state index is 12.6. The van der Waals surface area contributed by atoms with Crippen molar-refractivity contribution in [1.29, 1.82) is 0 Å². The van der Waals surface area contributed by atoms with Crippen molar-refractivity contribution < 1.29 is 14.3 Å². The van der Waals surface area contributed by atoms with E-state index in [1.54, 1.807) is 14.2 Å². The average Bonchev–Trinajstić information content (AvgIpc) is 3.19. The highest BCUT2D eigenvalue weighted by Crippen LogP contribution is 2.32. The number of carbonyl (C=O) groups excluding carboxylic acids is 1. The van der Waals surface area contributed by atoms with Crippen molar-refractivity contribution in [2.75, 3.05) is 24.9 Å². The predicted octanol–water partition coefficient (Wildman–Crippen LogP) is 5.08. The Morgan fingerprint density at radius 2 is 1.61 bits per heavy atom. The molecule has 1 aromatic heterocycles. The van der Waals surface area contributed by atoms with E-state index in [1.165, 1.54) is 0 Å². The molecule has 0 aliphatic heterocycles. The van der Waals surface area contributed by atoms with Crippen LogP contribution in [-0.4, -0.2) is 24.8 Å². The fourth-order valence-electron chi connectivity index (χ4n) is 3.97. The number of anilines is 2. The number of urea groups is 1. The molecule has 4 aromatic rings. The SMILES string of the molecule is COc1cccc(OC)c1CC(N)c1cccc(NC(=O)Nc2ccc3c(ccn3C)c2)c1. The minimum Gasteiger partial charge on any atom is -0.496 e. The molecule has 7 nitrogen and oxygen atoms in total. The van der Waals surface area contributed by atoms with Crippen molar-refractivity contribution in [2.45, 2.75) is 12.5 Å². The number of aryl methyl sites for hydroxylation is 1. The third-order valence-corrected chi connectivity index (χ3v) is 5.67. The first-order chi connectivity index (χ1) is 16.0. The summed E-state index contributed by atoms with van der Waals surface area (Å²) in [5.41, 5.74) is 10.8. The lowest BCUT2D eigenvalue weighted by Gasteiger charge is -2.18. The molecule has 0 fully saturated rings. The van der Waals surface area contributed by atoms with Gasteiger partial charge in [-0.3, -0.25) is 0 Å². The number of nitrogens with zero attached hydrogens (tertiary/aromatic N) is 1. The summed E-state index contributed by atoms with van der Waals surface area (Å²) >= 11 is 0. The van der Waals surface area contributed by atoms with Crippen LogP contribution >= 0.6 is 0 Å². The van der Waals surface area contributed by atoms with Crippen LogP contribution in [0.5, 0.6) is 11.5 Å². The molecule has 0 aliphatic carbocycles. The van der Waals surface area contributed by atoms with E-state index >= 15 is 0 Å². The van der Waals surface area contributed by atoms with Gasteiger partial charge < -0.3 is 30.4 Å². The summed E-state index contributed by atoms with van der Waals surface area (Å²) in [4.78, 5) is 12.6. The largest absolute Gasteiger partial charge is 0.496 e. The lowest BCUT2D eigenvalue weighted by molar-refractivity contribution is 0.262. The van der Waals surface area contributed by atoms with Gasteiger partial charge in [-0.1, -0.05) is 18.2 Å². The number of nitrogens with two attached hydrogens (primary N) is 1. The molecule has 33 heavy (non-hydrogen) atoms. The van der Waals surface area contributed by atoms with E-state index in [0.717, 1.165) is 39.2 Å². The molecule has 0 radical (unpaired) electrons. The summed E-state index contributed by atoms with van der Waals surface area (Å²) in [5, 5.41) is 6.84. The van der Waals surface area contributed by atoms with Gasteiger partial charge >= 0.3 is 6.03 Å². The third-order valence-electron chi connectivity index (χ3n) is 5.67. The van der Waals surface area contributed by atoms with Crippen molar-refractivity contribution in [3.63, 3.8) is 0 Å². The van der Waals surface area contributed by atoms with Crippen LogP contribution in [0.15, 0.2) is 72.9 Å². The topological polar surface area (TPSA) is 90.5 Å². The second-order valence-corrected chi connectivity index (χ2v) is 7.86. The van der Waals surface area contributed by atoms with Crippen molar-refractivity contribution in [2.24, 2.45) is 12.8 Å². The van der Waals surface area contributed by atoms with Crippen molar-refractivity contribution >= 4 is 28.3 Å². The molecular weight excluding hydrogens is 416 g/mol. The minimum absolute atomic E-state index is 0.305. The molecule has 1 unspecified atom stereocenters. The smallest absolute Gasteiger partial charge is 0.323 e. The van der Waals surface area contributed by atoms with Crippen LogP contribution in [0.3, 0.4) is 0 Å². The Labute approximate surface area is 193 Å². The normalized spacial score (nSPS) is 11.8. The first-order valence-corrected chi connectivity index (χ1v) is 10.7. The first kappa shape index (κ1) is 22.2. The Kier molecular flexibility index (Phi) is 6.51. The summed E-state index contributed by atoms with van der Waals surface area (Å²) in [7, 11) is 5.24. The van der Waals surface area contributed by atoms with E-state index in [2.05, 4.69) is 10.6 Å². The van der Waals surface area contributed by atoms with Gasteiger partial charge in [-0.15, -0.1) is 0 Å². The first-order valence-electron chi connectivity index (χ1n) is 10.7. The summed E-state index contributed by atoms with van der Waals surface area (Å²) in [6.45, 7) is 0. The zero-order valence-corrected chi connectivity index (χ0v) is 19.0. The average molecular weight is 445 g/mol. The number of nitrogens with one attached hydrogen (secondary N) is 2. The molecule has 0 saturated heterocycles. The molecule has 1 heterocycles. The molecule has 0 aliphatic rings. The summed E-state index contributed by atoms with van der Waals surface area (Å²) in [5.74, 6) is 1.46. The Balaban J connectivity index is 1.45. The van der Waals surface area contributed by atoms with Crippen LogP contribution in [-0.2, 0) is 13.5 Å². The van der Waals surface area contributed by atoms with Crippen LogP contribution < -0.4 is 25.8 Å².